The molecule has 2 heterocycles. The van der Waals surface area contributed by atoms with Crippen LogP contribution in [0.1, 0.15) is 43.7 Å². The van der Waals surface area contributed by atoms with Crippen molar-refractivity contribution in [1.82, 2.24) is 9.88 Å². The van der Waals surface area contributed by atoms with Crippen molar-refractivity contribution in [2.24, 2.45) is 0 Å². The van der Waals surface area contributed by atoms with E-state index in [0.29, 0.717) is 19.1 Å². The fourth-order valence-electron chi connectivity index (χ4n) is 4.63. The second-order valence-electron chi connectivity index (χ2n) is 9.40. The minimum atomic E-state index is -0.161. The van der Waals surface area contributed by atoms with Crippen molar-refractivity contribution in [3.63, 3.8) is 0 Å². The van der Waals surface area contributed by atoms with Gasteiger partial charge in [0.15, 0.2) is 0 Å². The summed E-state index contributed by atoms with van der Waals surface area (Å²) in [7, 11) is 0. The number of aromatic nitrogens is 1. The number of rotatable bonds is 12. The van der Waals surface area contributed by atoms with Gasteiger partial charge in [-0.05, 0) is 62.4 Å². The number of nitrogens with zero attached hydrogens (tertiary/aromatic N) is 2. The van der Waals surface area contributed by atoms with Crippen LogP contribution in [0.5, 0.6) is 5.75 Å². The van der Waals surface area contributed by atoms with Crippen LogP contribution in [0.15, 0.2) is 67.0 Å². The van der Waals surface area contributed by atoms with Gasteiger partial charge in [0.2, 0.25) is 0 Å². The summed E-state index contributed by atoms with van der Waals surface area (Å²) in [6.07, 6.45) is 11.1. The summed E-state index contributed by atoms with van der Waals surface area (Å²) in [5, 5.41) is 6.11. The highest BCUT2D eigenvalue weighted by Crippen LogP contribution is 2.26. The number of fused-ring (bicyclic) bond motifs is 1. The zero-order chi connectivity index (χ0) is 25.2. The van der Waals surface area contributed by atoms with Crippen LogP contribution in [-0.2, 0) is 16.1 Å². The third-order valence-electron chi connectivity index (χ3n) is 6.56. The van der Waals surface area contributed by atoms with Crippen LogP contribution < -0.4 is 10.1 Å². The molecule has 0 saturated carbocycles. The highest BCUT2D eigenvalue weighted by Gasteiger charge is 2.23. The number of nitrogens with one attached hydrogen (secondary N) is 1. The molecule has 4 rings (SSSR count). The maximum atomic E-state index is 11.8. The Kier molecular flexibility index (Phi) is 9.33. The number of likely N-dealkylation sites (tertiary alicyclic amines) is 1. The van der Waals surface area contributed by atoms with E-state index in [9.17, 15) is 4.79 Å². The Hall–Kier alpha value is -3.38. The molecule has 6 heteroatoms. The van der Waals surface area contributed by atoms with Gasteiger partial charge in [0.25, 0.3) is 0 Å². The summed E-state index contributed by atoms with van der Waals surface area (Å²) in [4.78, 5) is 18.5. The maximum absolute atomic E-state index is 11.8. The summed E-state index contributed by atoms with van der Waals surface area (Å²) in [6.45, 7) is 7.60. The zero-order valence-electron chi connectivity index (χ0n) is 21.4. The number of unbranched alkanes of at least 4 members (excludes halogenated alkanes) is 1. The molecule has 36 heavy (non-hydrogen) atoms. The standard InChI is InChI=1S/C30H37N3O3/c1-3-4-5-6-10-30(34)36-18-17-35-29-19-24(12-11-23(29)2)21-33-16-14-26(22-33)32-28-9-7-8-25-20-31-15-13-27(25)28/h3-4,7-9,11-13,15,19-20,26,32H,5-6,10,14,16-18,21-22H2,1-2H3/b4-3-/t26-/m1/s1. The fraction of sp³-hybridized carbons (Fsp3) is 0.400. The molecule has 190 valence electrons. The largest absolute Gasteiger partial charge is 0.490 e. The number of allylic oxidation sites excluding steroid dienone is 2. The Bertz CT molecular complexity index is 1170. The maximum Gasteiger partial charge on any atom is 0.305 e. The molecule has 1 aliphatic rings. The van der Waals surface area contributed by atoms with Gasteiger partial charge in [-0.25, -0.2) is 0 Å². The minimum Gasteiger partial charge on any atom is -0.490 e. The Morgan fingerprint density at radius 3 is 3.03 bits per heavy atom. The Morgan fingerprint density at radius 2 is 2.14 bits per heavy atom. The minimum absolute atomic E-state index is 0.161. The smallest absolute Gasteiger partial charge is 0.305 e. The van der Waals surface area contributed by atoms with Crippen molar-refractivity contribution in [2.75, 3.05) is 31.6 Å². The second-order valence-corrected chi connectivity index (χ2v) is 9.40. The number of anilines is 1. The Labute approximate surface area is 214 Å². The molecule has 0 bridgehead atoms. The lowest BCUT2D eigenvalue weighted by atomic mass is 10.1. The zero-order valence-corrected chi connectivity index (χ0v) is 21.4. The number of ether oxygens (including phenoxy) is 2. The van der Waals surface area contributed by atoms with Crippen LogP contribution in [0.2, 0.25) is 0 Å². The van der Waals surface area contributed by atoms with Crippen LogP contribution in [0.25, 0.3) is 10.8 Å². The average Bonchev–Trinajstić information content (AvgIpc) is 3.33. The summed E-state index contributed by atoms with van der Waals surface area (Å²) in [6, 6.07) is 15.2. The number of carbonyl (C=O) groups excluding carboxylic acids is 1. The molecule has 0 radical (unpaired) electrons. The van der Waals surface area contributed by atoms with Crippen molar-refractivity contribution in [3.05, 3.63) is 78.1 Å². The highest BCUT2D eigenvalue weighted by atomic mass is 16.6. The Morgan fingerprint density at radius 1 is 1.22 bits per heavy atom. The quantitative estimate of drug-likeness (QED) is 0.195. The van der Waals surface area contributed by atoms with Gasteiger partial charge < -0.3 is 14.8 Å². The molecule has 0 spiro atoms. The molecule has 1 N–H and O–H groups in total. The number of hydrogen-bond donors (Lipinski definition) is 1. The van der Waals surface area contributed by atoms with E-state index in [1.165, 1.54) is 16.6 Å². The monoisotopic (exact) mass is 487 g/mol. The first-order chi connectivity index (χ1) is 17.6. The first kappa shape index (κ1) is 25.7. The molecule has 2 aromatic carbocycles. The van der Waals surface area contributed by atoms with Gasteiger partial charge in [0, 0.05) is 61.0 Å². The summed E-state index contributed by atoms with van der Waals surface area (Å²) in [5.41, 5.74) is 3.49. The molecule has 1 atom stereocenters. The molecule has 6 nitrogen and oxygen atoms in total. The normalized spacial score (nSPS) is 16.0. The number of carbonyl (C=O) groups is 1. The van der Waals surface area contributed by atoms with Crippen LogP contribution >= 0.6 is 0 Å². The van der Waals surface area contributed by atoms with Crippen LogP contribution in [-0.4, -0.2) is 48.2 Å². The number of pyridine rings is 1. The van der Waals surface area contributed by atoms with Crippen molar-refractivity contribution in [2.45, 2.75) is 52.1 Å². The number of aryl methyl sites for hydroxylation is 1. The summed E-state index contributed by atoms with van der Waals surface area (Å²) in [5.74, 6) is 0.695. The number of benzene rings is 2. The van der Waals surface area contributed by atoms with Gasteiger partial charge in [0.05, 0.1) is 0 Å². The van der Waals surface area contributed by atoms with Crippen molar-refractivity contribution in [1.29, 1.82) is 0 Å². The topological polar surface area (TPSA) is 63.7 Å². The molecule has 1 fully saturated rings. The lowest BCUT2D eigenvalue weighted by molar-refractivity contribution is -0.144. The van der Waals surface area contributed by atoms with Crippen LogP contribution in [0.4, 0.5) is 5.69 Å². The molecule has 0 unspecified atom stereocenters. The summed E-state index contributed by atoms with van der Waals surface area (Å²) < 4.78 is 11.3. The van der Waals surface area contributed by atoms with E-state index >= 15 is 0 Å². The molecule has 1 aliphatic heterocycles. The van der Waals surface area contributed by atoms with E-state index in [4.69, 9.17) is 9.47 Å². The first-order valence-electron chi connectivity index (χ1n) is 12.9. The predicted molar refractivity (Wildman–Crippen MR) is 145 cm³/mol. The fourth-order valence-corrected chi connectivity index (χ4v) is 4.63. The first-order valence-corrected chi connectivity index (χ1v) is 12.9. The molecule has 3 aromatic rings. The lowest BCUT2D eigenvalue weighted by Crippen LogP contribution is -2.26. The van der Waals surface area contributed by atoms with Gasteiger partial charge in [-0.1, -0.05) is 36.4 Å². The van der Waals surface area contributed by atoms with Crippen molar-refractivity contribution >= 4 is 22.4 Å². The Balaban J connectivity index is 1.23. The van der Waals surface area contributed by atoms with Gasteiger partial charge in [-0.3, -0.25) is 14.7 Å². The van der Waals surface area contributed by atoms with E-state index in [2.05, 4.69) is 63.7 Å². The van der Waals surface area contributed by atoms with E-state index in [0.717, 1.165) is 55.6 Å². The number of hydrogen-bond acceptors (Lipinski definition) is 6. The van der Waals surface area contributed by atoms with Gasteiger partial charge in [-0.15, -0.1) is 0 Å². The van der Waals surface area contributed by atoms with Gasteiger partial charge >= 0.3 is 5.97 Å². The molecular weight excluding hydrogens is 450 g/mol. The van der Waals surface area contributed by atoms with Crippen LogP contribution in [0, 0.1) is 6.92 Å². The van der Waals surface area contributed by atoms with E-state index in [1.54, 1.807) is 0 Å². The van der Waals surface area contributed by atoms with E-state index in [1.807, 2.05) is 32.3 Å². The molecule has 1 saturated heterocycles. The third-order valence-corrected chi connectivity index (χ3v) is 6.56. The van der Waals surface area contributed by atoms with Crippen LogP contribution in [0.3, 0.4) is 0 Å². The SMILES string of the molecule is C/C=C\CCCC(=O)OCCOc1cc(CN2CC[C@@H](Nc3cccc4cnccc34)C2)ccc1C. The summed E-state index contributed by atoms with van der Waals surface area (Å²) >= 11 is 0. The molecular formula is C30H37N3O3. The molecule has 1 aromatic heterocycles. The van der Waals surface area contributed by atoms with Crippen molar-refractivity contribution in [3.8, 4) is 5.75 Å². The van der Waals surface area contributed by atoms with E-state index in [-0.39, 0.29) is 12.6 Å². The number of esters is 1. The predicted octanol–water partition coefficient (Wildman–Crippen LogP) is 5.90. The van der Waals surface area contributed by atoms with E-state index < -0.39 is 0 Å². The second kappa shape index (κ2) is 13.1. The molecule has 0 aliphatic carbocycles. The molecule has 0 amide bonds. The average molecular weight is 488 g/mol. The third kappa shape index (κ3) is 7.31. The van der Waals surface area contributed by atoms with Crippen molar-refractivity contribution < 1.29 is 14.3 Å². The van der Waals surface area contributed by atoms with Gasteiger partial charge in [-0.2, -0.15) is 0 Å². The lowest BCUT2D eigenvalue weighted by Gasteiger charge is -2.19. The highest BCUT2D eigenvalue weighted by molar-refractivity contribution is 5.93. The van der Waals surface area contributed by atoms with Gasteiger partial charge in [0.1, 0.15) is 19.0 Å².